The molecule has 1 aliphatic heterocycles. The highest BCUT2D eigenvalue weighted by Crippen LogP contribution is 2.32. The van der Waals surface area contributed by atoms with Crippen molar-refractivity contribution in [2.45, 2.75) is 31.6 Å². The van der Waals surface area contributed by atoms with Crippen molar-refractivity contribution in [2.75, 3.05) is 37.7 Å². The molecule has 4 N–H and O–H groups in total. The molecule has 3 aromatic rings. The van der Waals surface area contributed by atoms with Crippen molar-refractivity contribution < 1.29 is 9.53 Å². The van der Waals surface area contributed by atoms with Gasteiger partial charge in [-0.1, -0.05) is 18.2 Å². The average molecular weight is 424 g/mol. The minimum absolute atomic E-state index is 0.0338. The number of aromatic nitrogens is 3. The van der Waals surface area contributed by atoms with Gasteiger partial charge >= 0.3 is 6.03 Å². The minimum Gasteiger partial charge on any atom is -0.383 e. The van der Waals surface area contributed by atoms with Gasteiger partial charge in [-0.25, -0.2) is 14.8 Å². The number of nitrogens with two attached hydrogens (primary N) is 1. The predicted molar refractivity (Wildman–Crippen MR) is 121 cm³/mol. The highest BCUT2D eigenvalue weighted by Gasteiger charge is 2.28. The summed E-state index contributed by atoms with van der Waals surface area (Å²) in [6.07, 6.45) is 6.39. The summed E-state index contributed by atoms with van der Waals surface area (Å²) in [6, 6.07) is 11.2. The lowest BCUT2D eigenvalue weighted by atomic mass is 10.2. The van der Waals surface area contributed by atoms with Crippen molar-refractivity contribution in [2.24, 2.45) is 0 Å². The topological polar surface area (TPSA) is 110 Å². The average Bonchev–Trinajstić information content (AvgIpc) is 3.39. The molecular formula is C22H29N7O2. The summed E-state index contributed by atoms with van der Waals surface area (Å²) in [5, 5.41) is 6.57. The lowest BCUT2D eigenvalue weighted by molar-refractivity contribution is -0.00821. The minimum atomic E-state index is -0.181. The van der Waals surface area contributed by atoms with E-state index in [9.17, 15) is 4.79 Å². The van der Waals surface area contributed by atoms with E-state index in [0.29, 0.717) is 12.4 Å². The number of ether oxygens (including phenoxy) is 1. The van der Waals surface area contributed by atoms with Gasteiger partial charge in [0.15, 0.2) is 0 Å². The van der Waals surface area contributed by atoms with E-state index < -0.39 is 0 Å². The van der Waals surface area contributed by atoms with E-state index in [1.807, 2.05) is 47.2 Å². The summed E-state index contributed by atoms with van der Waals surface area (Å²) in [4.78, 5) is 22.6. The van der Waals surface area contributed by atoms with Crippen molar-refractivity contribution in [3.63, 3.8) is 0 Å². The number of hydrogen-bond donors (Lipinski definition) is 3. The summed E-state index contributed by atoms with van der Waals surface area (Å²) >= 11 is 0. The van der Waals surface area contributed by atoms with Gasteiger partial charge in [0.2, 0.25) is 0 Å². The number of amides is 2. The molecule has 0 bridgehead atoms. The number of para-hydroxylation sites is 1. The second-order valence-electron chi connectivity index (χ2n) is 7.87. The zero-order valence-corrected chi connectivity index (χ0v) is 17.7. The summed E-state index contributed by atoms with van der Waals surface area (Å²) in [5.41, 5.74) is 7.53. The monoisotopic (exact) mass is 423 g/mol. The molecule has 0 radical (unpaired) electrons. The Bertz CT molecular complexity index is 1010. The van der Waals surface area contributed by atoms with Gasteiger partial charge in [-0.15, -0.1) is 0 Å². The number of nitrogen functional groups attached to an aromatic ring is 1. The number of benzene rings is 1. The Morgan fingerprint density at radius 1 is 1.26 bits per heavy atom. The molecular weight excluding hydrogens is 394 g/mol. The first-order valence-electron chi connectivity index (χ1n) is 10.6. The van der Waals surface area contributed by atoms with Crippen LogP contribution < -0.4 is 16.4 Å². The first kappa shape index (κ1) is 21.1. The second-order valence-corrected chi connectivity index (χ2v) is 7.87. The summed E-state index contributed by atoms with van der Waals surface area (Å²) in [7, 11) is 2.08. The molecule has 9 nitrogen and oxygen atoms in total. The Morgan fingerprint density at radius 3 is 2.94 bits per heavy atom. The SMILES string of the molecule is CN(CCCNC(=O)Nc1ccccc1)C[C@@H]1CC[C@H](n2ccc3c(N)ncnc32)O1. The molecule has 0 aliphatic carbocycles. The van der Waals surface area contributed by atoms with E-state index in [0.717, 1.165) is 49.1 Å². The van der Waals surface area contributed by atoms with Gasteiger partial charge in [0, 0.05) is 25.0 Å². The van der Waals surface area contributed by atoms with Gasteiger partial charge in [-0.05, 0) is 51.1 Å². The van der Waals surface area contributed by atoms with Crippen LogP contribution in [0.1, 0.15) is 25.5 Å². The van der Waals surface area contributed by atoms with Crippen molar-refractivity contribution in [3.8, 4) is 0 Å². The number of likely N-dealkylation sites (N-methyl/N-ethyl adjacent to an activating group) is 1. The fourth-order valence-electron chi connectivity index (χ4n) is 3.94. The molecule has 1 aliphatic rings. The molecule has 2 amide bonds. The Balaban J connectivity index is 1.17. The molecule has 0 unspecified atom stereocenters. The van der Waals surface area contributed by atoms with Crippen LogP contribution in [0.3, 0.4) is 0 Å². The van der Waals surface area contributed by atoms with Crippen molar-refractivity contribution in [1.82, 2.24) is 24.8 Å². The van der Waals surface area contributed by atoms with E-state index in [1.54, 1.807) is 0 Å². The molecule has 1 aromatic carbocycles. The zero-order valence-electron chi connectivity index (χ0n) is 17.7. The zero-order chi connectivity index (χ0) is 21.6. The molecule has 164 valence electrons. The van der Waals surface area contributed by atoms with E-state index in [4.69, 9.17) is 10.5 Å². The van der Waals surface area contributed by atoms with Crippen LogP contribution in [0.15, 0.2) is 48.9 Å². The van der Waals surface area contributed by atoms with Crippen LogP contribution in [0.2, 0.25) is 0 Å². The number of carbonyl (C=O) groups excluding carboxylic acids is 1. The van der Waals surface area contributed by atoms with Gasteiger partial charge in [0.1, 0.15) is 24.0 Å². The van der Waals surface area contributed by atoms with Crippen molar-refractivity contribution in [1.29, 1.82) is 0 Å². The normalized spacial score (nSPS) is 18.5. The van der Waals surface area contributed by atoms with Gasteiger partial charge in [0.05, 0.1) is 11.5 Å². The predicted octanol–water partition coefficient (Wildman–Crippen LogP) is 2.83. The Hall–Kier alpha value is -3.17. The van der Waals surface area contributed by atoms with Gasteiger partial charge in [-0.2, -0.15) is 0 Å². The van der Waals surface area contributed by atoms with Crippen LogP contribution in [0.25, 0.3) is 11.0 Å². The molecule has 1 fully saturated rings. The number of nitrogens with one attached hydrogen (secondary N) is 2. The molecule has 3 heterocycles. The van der Waals surface area contributed by atoms with E-state index in [1.165, 1.54) is 6.33 Å². The standard InChI is InChI=1S/C22H29N7O2/c1-28(12-5-11-24-22(30)27-16-6-3-2-4-7-16)14-17-8-9-19(31-17)29-13-10-18-20(23)25-15-26-21(18)29/h2-4,6-7,10,13,15,17,19H,5,8-9,11-12,14H2,1H3,(H2,23,25,26)(H2,24,27,30)/t17-,19+/m0/s1. The van der Waals surface area contributed by atoms with Crippen LogP contribution in [-0.2, 0) is 4.74 Å². The van der Waals surface area contributed by atoms with Gasteiger partial charge < -0.3 is 30.6 Å². The fraction of sp³-hybridized carbons (Fsp3) is 0.409. The number of anilines is 2. The lowest BCUT2D eigenvalue weighted by Gasteiger charge is -2.22. The third-order valence-corrected chi connectivity index (χ3v) is 5.48. The quantitative estimate of drug-likeness (QED) is 0.481. The van der Waals surface area contributed by atoms with Crippen LogP contribution in [-0.4, -0.2) is 58.3 Å². The lowest BCUT2D eigenvalue weighted by Crippen LogP contribution is -2.34. The Kier molecular flexibility index (Phi) is 6.63. The third kappa shape index (κ3) is 5.31. The smallest absolute Gasteiger partial charge is 0.319 e. The van der Waals surface area contributed by atoms with Crippen LogP contribution >= 0.6 is 0 Å². The van der Waals surface area contributed by atoms with Crippen molar-refractivity contribution >= 4 is 28.6 Å². The number of rotatable bonds is 8. The third-order valence-electron chi connectivity index (χ3n) is 5.48. The number of fused-ring (bicyclic) bond motifs is 1. The highest BCUT2D eigenvalue weighted by molar-refractivity contribution is 5.89. The number of carbonyl (C=O) groups is 1. The molecule has 0 spiro atoms. The summed E-state index contributed by atoms with van der Waals surface area (Å²) < 4.78 is 8.32. The van der Waals surface area contributed by atoms with Crippen molar-refractivity contribution in [3.05, 3.63) is 48.9 Å². The van der Waals surface area contributed by atoms with E-state index in [-0.39, 0.29) is 18.4 Å². The maximum absolute atomic E-state index is 11.9. The summed E-state index contributed by atoms with van der Waals surface area (Å²) in [5.74, 6) is 0.490. The van der Waals surface area contributed by atoms with E-state index in [2.05, 4.69) is 32.5 Å². The second kappa shape index (κ2) is 9.76. The molecule has 9 heteroatoms. The molecule has 1 saturated heterocycles. The maximum atomic E-state index is 11.9. The van der Waals surface area contributed by atoms with Crippen LogP contribution in [0.4, 0.5) is 16.3 Å². The highest BCUT2D eigenvalue weighted by atomic mass is 16.5. The van der Waals surface area contributed by atoms with E-state index >= 15 is 0 Å². The van der Waals surface area contributed by atoms with Crippen LogP contribution in [0.5, 0.6) is 0 Å². The summed E-state index contributed by atoms with van der Waals surface area (Å²) in [6.45, 7) is 2.35. The molecule has 31 heavy (non-hydrogen) atoms. The number of urea groups is 1. The Labute approximate surface area is 181 Å². The fourth-order valence-corrected chi connectivity index (χ4v) is 3.94. The van der Waals surface area contributed by atoms with Crippen LogP contribution in [0, 0.1) is 0 Å². The maximum Gasteiger partial charge on any atom is 0.319 e. The molecule has 2 aromatic heterocycles. The molecule has 0 saturated carbocycles. The largest absolute Gasteiger partial charge is 0.383 e. The number of nitrogens with zero attached hydrogens (tertiary/aromatic N) is 4. The number of hydrogen-bond acceptors (Lipinski definition) is 6. The van der Waals surface area contributed by atoms with Gasteiger partial charge in [0.25, 0.3) is 0 Å². The molecule has 4 rings (SSSR count). The first-order chi connectivity index (χ1) is 15.1. The Morgan fingerprint density at radius 2 is 2.10 bits per heavy atom. The molecule has 2 atom stereocenters. The van der Waals surface area contributed by atoms with Gasteiger partial charge in [-0.3, -0.25) is 0 Å². The first-order valence-corrected chi connectivity index (χ1v) is 10.6.